The number of carbonyl (C=O) groups is 1. The summed E-state index contributed by atoms with van der Waals surface area (Å²) in [6, 6.07) is 14.4. The van der Waals surface area contributed by atoms with Crippen molar-refractivity contribution in [2.75, 3.05) is 13.1 Å². The maximum absolute atomic E-state index is 12.6. The standard InChI is InChI=1S/C21H23N3OS/c1-16-7-8-19(26-16)21(25)23-12-9-18(10-13-23)20-22-11-14-24(20)15-17-5-3-2-4-6-17/h2-8,11,14,18H,9-10,12-13,15H2,1H3. The van der Waals surface area contributed by atoms with Crippen LogP contribution < -0.4 is 0 Å². The van der Waals surface area contributed by atoms with Gasteiger partial charge in [-0.15, -0.1) is 11.3 Å². The smallest absolute Gasteiger partial charge is 0.263 e. The molecule has 1 aliphatic rings. The molecule has 2 aromatic heterocycles. The molecular formula is C21H23N3OS. The summed E-state index contributed by atoms with van der Waals surface area (Å²) in [7, 11) is 0. The molecule has 4 nitrogen and oxygen atoms in total. The minimum Gasteiger partial charge on any atom is -0.338 e. The molecule has 1 fully saturated rings. The van der Waals surface area contributed by atoms with Crippen molar-refractivity contribution in [3.63, 3.8) is 0 Å². The predicted octanol–water partition coefficient (Wildman–Crippen LogP) is 4.32. The van der Waals surface area contributed by atoms with Gasteiger partial charge in [-0.25, -0.2) is 4.98 Å². The summed E-state index contributed by atoms with van der Waals surface area (Å²) in [5.74, 6) is 1.74. The van der Waals surface area contributed by atoms with Crippen LogP contribution in [0.15, 0.2) is 54.9 Å². The average Bonchev–Trinajstić information content (AvgIpc) is 3.31. The zero-order chi connectivity index (χ0) is 17.9. The lowest BCUT2D eigenvalue weighted by Gasteiger charge is -2.31. The zero-order valence-electron chi connectivity index (χ0n) is 15.0. The fourth-order valence-electron chi connectivity index (χ4n) is 3.64. The van der Waals surface area contributed by atoms with E-state index in [9.17, 15) is 4.79 Å². The van der Waals surface area contributed by atoms with Gasteiger partial charge in [-0.1, -0.05) is 30.3 Å². The van der Waals surface area contributed by atoms with Crippen molar-refractivity contribution >= 4 is 17.2 Å². The number of piperidine rings is 1. The van der Waals surface area contributed by atoms with E-state index in [1.54, 1.807) is 11.3 Å². The van der Waals surface area contributed by atoms with Crippen molar-refractivity contribution in [1.29, 1.82) is 0 Å². The molecule has 0 atom stereocenters. The van der Waals surface area contributed by atoms with Crippen molar-refractivity contribution in [2.24, 2.45) is 0 Å². The molecular weight excluding hydrogens is 342 g/mol. The number of thiophene rings is 1. The van der Waals surface area contributed by atoms with Crippen LogP contribution in [0.1, 0.15) is 44.7 Å². The van der Waals surface area contributed by atoms with E-state index in [4.69, 9.17) is 0 Å². The third-order valence-electron chi connectivity index (χ3n) is 5.04. The molecule has 0 spiro atoms. The van der Waals surface area contributed by atoms with Crippen LogP contribution in [0.4, 0.5) is 0 Å². The number of aromatic nitrogens is 2. The van der Waals surface area contributed by atoms with Crippen LogP contribution in [0.3, 0.4) is 0 Å². The monoisotopic (exact) mass is 365 g/mol. The quantitative estimate of drug-likeness (QED) is 0.690. The molecule has 3 aromatic rings. The highest BCUT2D eigenvalue weighted by Gasteiger charge is 2.27. The van der Waals surface area contributed by atoms with Crippen molar-refractivity contribution in [2.45, 2.75) is 32.2 Å². The Morgan fingerprint density at radius 1 is 1.15 bits per heavy atom. The molecule has 0 N–H and O–H groups in total. The third-order valence-corrected chi connectivity index (χ3v) is 6.03. The fraction of sp³-hybridized carbons (Fsp3) is 0.333. The molecule has 1 aliphatic heterocycles. The van der Waals surface area contributed by atoms with E-state index in [2.05, 4.69) is 40.0 Å². The Hall–Kier alpha value is -2.40. The van der Waals surface area contributed by atoms with Gasteiger partial charge >= 0.3 is 0 Å². The number of carbonyl (C=O) groups excluding carboxylic acids is 1. The Kier molecular flexibility index (Phi) is 4.89. The SMILES string of the molecule is Cc1ccc(C(=O)N2CCC(c3nccn3Cc3ccccc3)CC2)s1. The highest BCUT2D eigenvalue weighted by Crippen LogP contribution is 2.29. The van der Waals surface area contributed by atoms with Gasteiger partial charge in [0.05, 0.1) is 4.88 Å². The lowest BCUT2D eigenvalue weighted by Crippen LogP contribution is -2.38. The van der Waals surface area contributed by atoms with E-state index in [1.165, 1.54) is 10.4 Å². The normalized spacial score (nSPS) is 15.3. The summed E-state index contributed by atoms with van der Waals surface area (Å²) < 4.78 is 2.25. The number of nitrogens with zero attached hydrogens (tertiary/aromatic N) is 3. The Balaban J connectivity index is 1.41. The molecule has 0 aliphatic carbocycles. The van der Waals surface area contributed by atoms with E-state index in [-0.39, 0.29) is 5.91 Å². The first-order valence-corrected chi connectivity index (χ1v) is 9.93. The molecule has 26 heavy (non-hydrogen) atoms. The van der Waals surface area contributed by atoms with Gasteiger partial charge in [0.25, 0.3) is 5.91 Å². The molecule has 0 bridgehead atoms. The molecule has 5 heteroatoms. The molecule has 1 aromatic carbocycles. The Labute approximate surface area is 158 Å². The maximum Gasteiger partial charge on any atom is 0.263 e. The van der Waals surface area contributed by atoms with Crippen LogP contribution >= 0.6 is 11.3 Å². The van der Waals surface area contributed by atoms with Crippen LogP contribution in [-0.4, -0.2) is 33.4 Å². The van der Waals surface area contributed by atoms with E-state index >= 15 is 0 Å². The molecule has 3 heterocycles. The second-order valence-electron chi connectivity index (χ2n) is 6.88. The first-order valence-electron chi connectivity index (χ1n) is 9.11. The molecule has 4 rings (SSSR count). The molecule has 0 saturated carbocycles. The number of benzene rings is 1. The minimum atomic E-state index is 0.175. The van der Waals surface area contributed by atoms with Crippen LogP contribution in [-0.2, 0) is 6.54 Å². The summed E-state index contributed by atoms with van der Waals surface area (Å²) in [6.45, 7) is 4.50. The highest BCUT2D eigenvalue weighted by atomic mass is 32.1. The van der Waals surface area contributed by atoms with Crippen molar-refractivity contribution in [3.8, 4) is 0 Å². The number of hydrogen-bond acceptors (Lipinski definition) is 3. The summed E-state index contributed by atoms with van der Waals surface area (Å²) >= 11 is 1.58. The Bertz CT molecular complexity index is 876. The number of amides is 1. The first kappa shape index (κ1) is 17.0. The van der Waals surface area contributed by atoms with Gasteiger partial charge in [0.2, 0.25) is 0 Å². The number of imidazole rings is 1. The lowest BCUT2D eigenvalue weighted by atomic mass is 9.95. The maximum atomic E-state index is 12.6. The van der Waals surface area contributed by atoms with Gasteiger partial charge in [-0.2, -0.15) is 0 Å². The van der Waals surface area contributed by atoms with Gasteiger partial charge in [0.1, 0.15) is 5.82 Å². The van der Waals surface area contributed by atoms with Gasteiger partial charge in [-0.3, -0.25) is 4.79 Å². The van der Waals surface area contributed by atoms with Crippen molar-refractivity contribution in [1.82, 2.24) is 14.5 Å². The lowest BCUT2D eigenvalue weighted by molar-refractivity contribution is 0.0715. The first-order chi connectivity index (χ1) is 12.7. The zero-order valence-corrected chi connectivity index (χ0v) is 15.8. The predicted molar refractivity (Wildman–Crippen MR) is 105 cm³/mol. The van der Waals surface area contributed by atoms with E-state index in [1.807, 2.05) is 36.2 Å². The van der Waals surface area contributed by atoms with Crippen LogP contribution in [0.25, 0.3) is 0 Å². The molecule has 1 amide bonds. The van der Waals surface area contributed by atoms with E-state index in [0.29, 0.717) is 5.92 Å². The second kappa shape index (κ2) is 7.46. The minimum absolute atomic E-state index is 0.175. The van der Waals surface area contributed by atoms with Crippen molar-refractivity contribution < 1.29 is 4.79 Å². The van der Waals surface area contributed by atoms with Crippen LogP contribution in [0.5, 0.6) is 0 Å². The Morgan fingerprint density at radius 2 is 1.92 bits per heavy atom. The number of likely N-dealkylation sites (tertiary alicyclic amines) is 1. The van der Waals surface area contributed by atoms with E-state index in [0.717, 1.165) is 43.2 Å². The van der Waals surface area contributed by atoms with Gasteiger partial charge in [0.15, 0.2) is 0 Å². The van der Waals surface area contributed by atoms with Gasteiger partial charge < -0.3 is 9.47 Å². The van der Waals surface area contributed by atoms with Gasteiger partial charge in [0, 0.05) is 42.8 Å². The van der Waals surface area contributed by atoms with Crippen molar-refractivity contribution in [3.05, 3.63) is 76.0 Å². The summed E-state index contributed by atoms with van der Waals surface area (Å²) in [5.41, 5.74) is 1.28. The van der Waals surface area contributed by atoms with Gasteiger partial charge in [-0.05, 0) is 37.5 Å². The summed E-state index contributed by atoms with van der Waals surface area (Å²) in [5, 5.41) is 0. The molecule has 1 saturated heterocycles. The average molecular weight is 366 g/mol. The van der Waals surface area contributed by atoms with Crippen LogP contribution in [0.2, 0.25) is 0 Å². The second-order valence-corrected chi connectivity index (χ2v) is 8.16. The highest BCUT2D eigenvalue weighted by molar-refractivity contribution is 7.13. The molecule has 134 valence electrons. The molecule has 0 unspecified atom stereocenters. The summed E-state index contributed by atoms with van der Waals surface area (Å²) in [4.78, 5) is 21.3. The van der Waals surface area contributed by atoms with E-state index < -0.39 is 0 Å². The number of rotatable bonds is 4. The fourth-order valence-corrected chi connectivity index (χ4v) is 4.48. The Morgan fingerprint density at radius 3 is 2.62 bits per heavy atom. The number of aryl methyl sites for hydroxylation is 1. The third kappa shape index (κ3) is 3.58. The largest absolute Gasteiger partial charge is 0.338 e. The number of hydrogen-bond donors (Lipinski definition) is 0. The summed E-state index contributed by atoms with van der Waals surface area (Å²) in [6.07, 6.45) is 5.91. The van der Waals surface area contributed by atoms with Crippen LogP contribution in [0, 0.1) is 6.92 Å². The topological polar surface area (TPSA) is 38.1 Å². The molecule has 0 radical (unpaired) electrons.